The minimum atomic E-state index is -1.16. The molecule has 3 unspecified atom stereocenters. The fraction of sp³-hybridized carbons (Fsp3) is 1.00. The van der Waals surface area contributed by atoms with Gasteiger partial charge < -0.3 is 0 Å². The van der Waals surface area contributed by atoms with Gasteiger partial charge in [-0.15, -0.1) is 0 Å². The third kappa shape index (κ3) is 7.65. The molecule has 0 aliphatic heterocycles. The van der Waals surface area contributed by atoms with E-state index in [0.717, 1.165) is 11.8 Å². The van der Waals surface area contributed by atoms with Crippen LogP contribution in [0.4, 0.5) is 0 Å². The van der Waals surface area contributed by atoms with Gasteiger partial charge in [0.25, 0.3) is 0 Å². The molecule has 1 rings (SSSR count). The van der Waals surface area contributed by atoms with Crippen LogP contribution >= 0.6 is 44.9 Å². The molecule has 0 amide bonds. The molecule has 1 saturated carbocycles. The zero-order valence-electron chi connectivity index (χ0n) is 9.94. The average Bonchev–Trinajstić information content (AvgIpc) is 2.26. The van der Waals surface area contributed by atoms with Crippen LogP contribution in [0.15, 0.2) is 0 Å². The molecule has 0 aromatic heterocycles. The molecule has 1 aliphatic rings. The molecule has 1 fully saturated rings. The van der Waals surface area contributed by atoms with Crippen LogP contribution in [0.3, 0.4) is 0 Å². The van der Waals surface area contributed by atoms with Crippen LogP contribution in [0.1, 0.15) is 39.0 Å². The molecule has 0 aromatic carbocycles. The van der Waals surface area contributed by atoms with Crippen LogP contribution in [0, 0.1) is 11.8 Å². The Morgan fingerprint density at radius 1 is 1.41 bits per heavy atom. The molecule has 8 heteroatoms. The molecule has 0 aromatic rings. The van der Waals surface area contributed by atoms with Crippen LogP contribution in [-0.4, -0.2) is 10.6 Å². The summed E-state index contributed by atoms with van der Waals surface area (Å²) in [4.78, 5) is 9.37. The summed E-state index contributed by atoms with van der Waals surface area (Å²) in [5.41, 5.74) is 0. The molecule has 0 radical (unpaired) electrons. The predicted octanol–water partition coefficient (Wildman–Crippen LogP) is 7.36. The summed E-state index contributed by atoms with van der Waals surface area (Å²) in [5.74, 6) is 3.00. The first-order valence-corrected chi connectivity index (χ1v) is 16.1. The molecule has 96 valence electrons. The van der Waals surface area contributed by atoms with Crippen molar-refractivity contribution < 1.29 is 4.89 Å². The quantitative estimate of drug-likeness (QED) is 0.510. The van der Waals surface area contributed by atoms with Crippen molar-refractivity contribution in [3.05, 3.63) is 0 Å². The van der Waals surface area contributed by atoms with Gasteiger partial charge in [-0.05, 0) is 0 Å². The van der Waals surface area contributed by atoms with Crippen molar-refractivity contribution in [2.75, 3.05) is 5.75 Å². The number of rotatable bonds is 2. The first-order valence-electron chi connectivity index (χ1n) is 5.77. The van der Waals surface area contributed by atoms with E-state index in [4.69, 9.17) is 0 Å². The monoisotopic (exact) mass is 360 g/mol. The predicted molar refractivity (Wildman–Crippen MR) is 91.7 cm³/mol. The maximum absolute atomic E-state index is 9.37. The van der Waals surface area contributed by atoms with Crippen LogP contribution in [-0.2, 0) is 9.05 Å². The van der Waals surface area contributed by atoms with E-state index in [2.05, 4.69) is 31.4 Å². The van der Waals surface area contributed by atoms with Crippen molar-refractivity contribution in [1.29, 1.82) is 0 Å². The minimum absolute atomic E-state index is 0.0928. The first-order chi connectivity index (χ1) is 7.99. The molecular weight excluding hydrogens is 342 g/mol. The van der Waals surface area contributed by atoms with E-state index in [1.807, 2.05) is 0 Å². The van der Waals surface area contributed by atoms with Gasteiger partial charge in [0.15, 0.2) is 0 Å². The SMILES string of the molecule is C[C@@H]1CCCC(CCS(#P)=PP(#P)P(O)#P)C1. The van der Waals surface area contributed by atoms with Crippen molar-refractivity contribution in [1.82, 2.24) is 0 Å². The Kier molecular flexibility index (Phi) is 9.56. The molecule has 0 bridgehead atoms. The first kappa shape index (κ1) is 17.4. The summed E-state index contributed by atoms with van der Waals surface area (Å²) in [6, 6.07) is 0. The molecule has 1 nitrogen and oxygen atoms in total. The average molecular weight is 360 g/mol. The number of hydrogen-bond acceptors (Lipinski definition) is 1. The fourth-order valence-corrected chi connectivity index (χ4v) is 21.8. The molecule has 0 heterocycles. The van der Waals surface area contributed by atoms with Gasteiger partial charge in [-0.1, -0.05) is 0 Å². The summed E-state index contributed by atoms with van der Waals surface area (Å²) >= 11 is 0. The molecule has 0 saturated heterocycles. The zero-order chi connectivity index (χ0) is 12.8. The molecule has 4 atom stereocenters. The van der Waals surface area contributed by atoms with E-state index in [0.29, 0.717) is 0 Å². The molecule has 0 spiro atoms. The van der Waals surface area contributed by atoms with Crippen LogP contribution < -0.4 is 0 Å². The third-order valence-electron chi connectivity index (χ3n) is 3.08. The molecule has 17 heavy (non-hydrogen) atoms. The second-order valence-electron chi connectivity index (χ2n) is 4.59. The fourth-order valence-electron chi connectivity index (χ4n) is 2.25. The standard InChI is InChI=1S/C9H18OP6S/c1-8-3-2-4-9(7-8)5-6-17(13)14-16(12)15(10)11/h8-10H,2-7H2,1H3/t8-,9?/m1/s1. The Labute approximate surface area is 115 Å². The van der Waals surface area contributed by atoms with Crippen molar-refractivity contribution in [2.24, 2.45) is 11.8 Å². The molecule has 1 N–H and O–H groups in total. The van der Waals surface area contributed by atoms with Crippen molar-refractivity contribution >= 4 is 53.9 Å². The second kappa shape index (κ2) is 9.33. The van der Waals surface area contributed by atoms with Crippen molar-refractivity contribution in [3.8, 4) is 0 Å². The van der Waals surface area contributed by atoms with Gasteiger partial charge in [-0.25, -0.2) is 0 Å². The van der Waals surface area contributed by atoms with Gasteiger partial charge in [0.2, 0.25) is 0 Å². The van der Waals surface area contributed by atoms with Gasteiger partial charge in [0, 0.05) is 0 Å². The summed E-state index contributed by atoms with van der Waals surface area (Å²) in [5, 5.41) is 0. The summed E-state index contributed by atoms with van der Waals surface area (Å²) in [6.45, 7) is 1.22. The van der Waals surface area contributed by atoms with E-state index >= 15 is 0 Å². The van der Waals surface area contributed by atoms with Crippen LogP contribution in [0.25, 0.3) is 0 Å². The third-order valence-corrected chi connectivity index (χ3v) is 23.5. The van der Waals surface area contributed by atoms with Gasteiger partial charge in [0.1, 0.15) is 0 Å². The van der Waals surface area contributed by atoms with Crippen LogP contribution in [0.5, 0.6) is 0 Å². The normalized spacial score (nSPS) is 27.6. The van der Waals surface area contributed by atoms with Gasteiger partial charge in [-0.2, -0.15) is 0 Å². The zero-order valence-corrected chi connectivity index (χ0v) is 16.1. The Bertz CT molecular complexity index is 518. The van der Waals surface area contributed by atoms with Gasteiger partial charge >= 0.3 is 115 Å². The summed E-state index contributed by atoms with van der Waals surface area (Å²) in [7, 11) is 14.4. The summed E-state index contributed by atoms with van der Waals surface area (Å²) < 4.78 is 0. The van der Waals surface area contributed by atoms with E-state index < -0.39 is 13.3 Å². The van der Waals surface area contributed by atoms with E-state index in [1.165, 1.54) is 44.9 Å². The Hall–Kier alpha value is 2.37. The van der Waals surface area contributed by atoms with E-state index in [9.17, 15) is 4.89 Å². The topological polar surface area (TPSA) is 20.2 Å². The van der Waals surface area contributed by atoms with Crippen LogP contribution in [0.2, 0.25) is 0 Å². The van der Waals surface area contributed by atoms with E-state index in [1.54, 1.807) is 0 Å². The Morgan fingerprint density at radius 3 is 2.71 bits per heavy atom. The van der Waals surface area contributed by atoms with E-state index in [-0.39, 0.29) is 9.05 Å². The number of hydrogen-bond donors (Lipinski definition) is 1. The summed E-state index contributed by atoms with van der Waals surface area (Å²) in [6.07, 6.45) is 6.30. The Morgan fingerprint density at radius 2 is 2.12 bits per heavy atom. The molecular formula is C9H18OP6S. The Balaban J connectivity index is 2.40. The van der Waals surface area contributed by atoms with Crippen molar-refractivity contribution in [2.45, 2.75) is 39.0 Å². The van der Waals surface area contributed by atoms with Gasteiger partial charge in [-0.3, -0.25) is 0 Å². The van der Waals surface area contributed by atoms with Gasteiger partial charge in [0.05, 0.1) is 0 Å². The molecule has 1 aliphatic carbocycles. The maximum atomic E-state index is 9.37. The second-order valence-corrected chi connectivity index (χ2v) is 22.0. The van der Waals surface area contributed by atoms with Crippen molar-refractivity contribution in [3.63, 3.8) is 0 Å².